The van der Waals surface area contributed by atoms with E-state index in [4.69, 9.17) is 9.84 Å². The molecule has 1 aliphatic rings. The van der Waals surface area contributed by atoms with Crippen LogP contribution in [0.5, 0.6) is 0 Å². The fourth-order valence-electron chi connectivity index (χ4n) is 1.81. The lowest BCUT2D eigenvalue weighted by atomic mass is 10.1. The summed E-state index contributed by atoms with van der Waals surface area (Å²) in [6.07, 6.45) is 0. The van der Waals surface area contributed by atoms with E-state index in [-0.39, 0.29) is 6.04 Å². The molecule has 5 heteroatoms. The van der Waals surface area contributed by atoms with Crippen LogP contribution >= 0.6 is 0 Å². The summed E-state index contributed by atoms with van der Waals surface area (Å²) in [7, 11) is 1.63. The van der Waals surface area contributed by atoms with Crippen molar-refractivity contribution in [1.82, 2.24) is 10.2 Å². The van der Waals surface area contributed by atoms with Crippen molar-refractivity contribution in [3.05, 3.63) is 0 Å². The third kappa shape index (κ3) is 2.67. The van der Waals surface area contributed by atoms with Gasteiger partial charge in [-0.2, -0.15) is 0 Å². The number of carboxylic acid groups (broad SMARTS) is 1. The van der Waals surface area contributed by atoms with Crippen molar-refractivity contribution in [2.45, 2.75) is 19.0 Å². The zero-order valence-electron chi connectivity index (χ0n) is 8.69. The van der Waals surface area contributed by atoms with Gasteiger partial charge in [-0.3, -0.25) is 9.69 Å². The maximum atomic E-state index is 11.0. The lowest BCUT2D eigenvalue weighted by molar-refractivity contribution is -0.145. The Kier molecular flexibility index (Phi) is 4.31. The van der Waals surface area contributed by atoms with Crippen LogP contribution in [0.25, 0.3) is 0 Å². The molecule has 0 saturated carbocycles. The molecule has 0 aliphatic carbocycles. The third-order valence-electron chi connectivity index (χ3n) is 2.54. The summed E-state index contributed by atoms with van der Waals surface area (Å²) in [5, 5.41) is 12.1. The molecule has 0 aromatic heterocycles. The molecular formula is C9H18N2O3. The molecule has 14 heavy (non-hydrogen) atoms. The largest absolute Gasteiger partial charge is 0.480 e. The lowest BCUT2D eigenvalue weighted by Crippen LogP contribution is -2.58. The molecule has 2 atom stereocenters. The minimum Gasteiger partial charge on any atom is -0.480 e. The Bertz CT molecular complexity index is 198. The third-order valence-corrected chi connectivity index (χ3v) is 2.54. The molecule has 1 rings (SSSR count). The van der Waals surface area contributed by atoms with Crippen LogP contribution in [0.1, 0.15) is 6.92 Å². The number of ether oxygens (including phenoxy) is 1. The van der Waals surface area contributed by atoms with Crippen LogP contribution in [0, 0.1) is 0 Å². The molecule has 2 unspecified atom stereocenters. The average Bonchev–Trinajstić information content (AvgIpc) is 2.18. The molecule has 1 aliphatic heterocycles. The van der Waals surface area contributed by atoms with Gasteiger partial charge in [0.05, 0.1) is 6.61 Å². The van der Waals surface area contributed by atoms with Gasteiger partial charge >= 0.3 is 5.97 Å². The van der Waals surface area contributed by atoms with Crippen LogP contribution < -0.4 is 5.32 Å². The first-order valence-electron chi connectivity index (χ1n) is 4.85. The van der Waals surface area contributed by atoms with Gasteiger partial charge in [-0.05, 0) is 6.92 Å². The van der Waals surface area contributed by atoms with Gasteiger partial charge in [-0.25, -0.2) is 0 Å². The molecule has 1 fully saturated rings. The number of rotatable bonds is 4. The minimum absolute atomic E-state index is 0.156. The highest BCUT2D eigenvalue weighted by molar-refractivity contribution is 5.74. The maximum Gasteiger partial charge on any atom is 0.322 e. The van der Waals surface area contributed by atoms with Crippen molar-refractivity contribution in [2.75, 3.05) is 33.4 Å². The number of hydrogen-bond donors (Lipinski definition) is 2. The highest BCUT2D eigenvalue weighted by atomic mass is 16.5. The van der Waals surface area contributed by atoms with Gasteiger partial charge in [0.2, 0.25) is 0 Å². The predicted octanol–water partition coefficient (Wildman–Crippen LogP) is -0.620. The van der Waals surface area contributed by atoms with E-state index in [2.05, 4.69) is 5.32 Å². The summed E-state index contributed by atoms with van der Waals surface area (Å²) in [4.78, 5) is 12.9. The number of nitrogens with zero attached hydrogens (tertiary/aromatic N) is 1. The Labute approximate surface area is 84.0 Å². The van der Waals surface area contributed by atoms with E-state index in [1.807, 2.05) is 11.8 Å². The van der Waals surface area contributed by atoms with Gasteiger partial charge in [0, 0.05) is 32.8 Å². The molecule has 1 saturated heterocycles. The van der Waals surface area contributed by atoms with E-state index in [1.165, 1.54) is 0 Å². The summed E-state index contributed by atoms with van der Waals surface area (Å²) >= 11 is 0. The second-order valence-electron chi connectivity index (χ2n) is 3.60. The molecule has 5 nitrogen and oxygen atoms in total. The van der Waals surface area contributed by atoms with Crippen molar-refractivity contribution in [3.8, 4) is 0 Å². The monoisotopic (exact) mass is 202 g/mol. The molecule has 0 aromatic rings. The van der Waals surface area contributed by atoms with E-state index in [9.17, 15) is 4.79 Å². The quantitative estimate of drug-likeness (QED) is 0.636. The van der Waals surface area contributed by atoms with Gasteiger partial charge in [0.25, 0.3) is 0 Å². The van der Waals surface area contributed by atoms with Crippen LogP contribution in [0.2, 0.25) is 0 Å². The Balaban J connectivity index is 2.57. The van der Waals surface area contributed by atoms with Crippen molar-refractivity contribution in [1.29, 1.82) is 0 Å². The highest BCUT2D eigenvalue weighted by Gasteiger charge is 2.31. The summed E-state index contributed by atoms with van der Waals surface area (Å²) in [5.41, 5.74) is 0. The molecule has 0 spiro atoms. The van der Waals surface area contributed by atoms with Crippen molar-refractivity contribution in [2.24, 2.45) is 0 Å². The predicted molar refractivity (Wildman–Crippen MR) is 52.3 cm³/mol. The number of carboxylic acids is 1. The summed E-state index contributed by atoms with van der Waals surface area (Å²) in [5.74, 6) is -0.764. The topological polar surface area (TPSA) is 61.8 Å². The molecule has 0 bridgehead atoms. The molecule has 0 aromatic carbocycles. The Morgan fingerprint density at radius 2 is 2.50 bits per heavy atom. The van der Waals surface area contributed by atoms with Crippen LogP contribution in [0.4, 0.5) is 0 Å². The van der Waals surface area contributed by atoms with E-state index in [0.717, 1.165) is 13.1 Å². The number of methoxy groups -OCH3 is 1. The van der Waals surface area contributed by atoms with E-state index >= 15 is 0 Å². The molecule has 0 radical (unpaired) electrons. The van der Waals surface area contributed by atoms with Crippen LogP contribution in [-0.2, 0) is 9.53 Å². The first-order chi connectivity index (χ1) is 6.66. The number of hydrogen-bond acceptors (Lipinski definition) is 4. The van der Waals surface area contributed by atoms with Gasteiger partial charge < -0.3 is 15.2 Å². The van der Waals surface area contributed by atoms with Gasteiger partial charge in [-0.15, -0.1) is 0 Å². The number of piperazine rings is 1. The highest BCUT2D eigenvalue weighted by Crippen LogP contribution is 2.09. The summed E-state index contributed by atoms with van der Waals surface area (Å²) in [6.45, 7) is 4.69. The summed E-state index contributed by atoms with van der Waals surface area (Å²) < 4.78 is 5.03. The smallest absolute Gasteiger partial charge is 0.322 e. The molecule has 0 amide bonds. The zero-order valence-corrected chi connectivity index (χ0v) is 8.69. The molecule has 1 heterocycles. The minimum atomic E-state index is -0.764. The SMILES string of the molecule is COCC(C)N1CCNCC1C(=O)O. The Morgan fingerprint density at radius 3 is 3.07 bits per heavy atom. The van der Waals surface area contributed by atoms with Gasteiger partial charge in [0.15, 0.2) is 0 Å². The van der Waals surface area contributed by atoms with E-state index < -0.39 is 12.0 Å². The fraction of sp³-hybridized carbons (Fsp3) is 0.889. The number of aliphatic carboxylic acids is 1. The number of nitrogens with one attached hydrogen (secondary N) is 1. The van der Waals surface area contributed by atoms with Crippen molar-refractivity contribution >= 4 is 5.97 Å². The van der Waals surface area contributed by atoms with Gasteiger partial charge in [-0.1, -0.05) is 0 Å². The van der Waals surface area contributed by atoms with E-state index in [1.54, 1.807) is 7.11 Å². The molecular weight excluding hydrogens is 184 g/mol. The second-order valence-corrected chi connectivity index (χ2v) is 3.60. The fourth-order valence-corrected chi connectivity index (χ4v) is 1.81. The first-order valence-corrected chi connectivity index (χ1v) is 4.85. The average molecular weight is 202 g/mol. The van der Waals surface area contributed by atoms with Crippen molar-refractivity contribution in [3.63, 3.8) is 0 Å². The molecule has 82 valence electrons. The first kappa shape index (κ1) is 11.4. The standard InChI is InChI=1S/C9H18N2O3/c1-7(6-14-2)11-4-3-10-5-8(11)9(12)13/h7-8,10H,3-6H2,1-2H3,(H,12,13). The zero-order chi connectivity index (χ0) is 10.6. The Hall–Kier alpha value is -0.650. The van der Waals surface area contributed by atoms with Gasteiger partial charge in [0.1, 0.15) is 6.04 Å². The van der Waals surface area contributed by atoms with E-state index in [0.29, 0.717) is 13.2 Å². The summed E-state index contributed by atoms with van der Waals surface area (Å²) in [6, 6.07) is -0.267. The lowest BCUT2D eigenvalue weighted by Gasteiger charge is -2.37. The van der Waals surface area contributed by atoms with Crippen LogP contribution in [0.15, 0.2) is 0 Å². The van der Waals surface area contributed by atoms with Crippen LogP contribution in [-0.4, -0.2) is 61.4 Å². The van der Waals surface area contributed by atoms with Crippen LogP contribution in [0.3, 0.4) is 0 Å². The maximum absolute atomic E-state index is 11.0. The van der Waals surface area contributed by atoms with Crippen molar-refractivity contribution < 1.29 is 14.6 Å². The molecule has 2 N–H and O–H groups in total. The Morgan fingerprint density at radius 1 is 1.79 bits per heavy atom. The second kappa shape index (κ2) is 5.29. The number of carbonyl (C=O) groups is 1. The normalized spacial score (nSPS) is 26.0.